The molecular formula is C17H23ClN2O. The Morgan fingerprint density at radius 1 is 1.29 bits per heavy atom. The number of Topliss-reactive ketones (excluding diaryl/α,β-unsaturated/α-hetero) is 1. The maximum absolute atomic E-state index is 12.6. The van der Waals surface area contributed by atoms with Crippen LogP contribution in [-0.2, 0) is 0 Å². The van der Waals surface area contributed by atoms with Crippen molar-refractivity contribution >= 4 is 17.4 Å². The molecule has 1 aromatic carbocycles. The van der Waals surface area contributed by atoms with Gasteiger partial charge in [0.1, 0.15) is 0 Å². The lowest BCUT2D eigenvalue weighted by Crippen LogP contribution is -2.41. The Hall–Kier alpha value is -0.900. The number of halogens is 1. The van der Waals surface area contributed by atoms with Gasteiger partial charge in [0.25, 0.3) is 0 Å². The third-order valence-corrected chi connectivity index (χ3v) is 5.12. The molecular weight excluding hydrogens is 284 g/mol. The maximum atomic E-state index is 12.6. The molecule has 0 saturated carbocycles. The SMILES string of the molecule is CC(C(=O)c1cccc(Cl)c1)N1CCC(N2CCCC2)C1. The van der Waals surface area contributed by atoms with Crippen molar-refractivity contribution in [3.05, 3.63) is 34.9 Å². The standard InChI is InChI=1S/C17H23ClN2O/c1-13(17(21)14-5-4-6-15(18)11-14)20-10-7-16(12-20)19-8-2-3-9-19/h4-6,11,13,16H,2-3,7-10,12H2,1H3. The van der Waals surface area contributed by atoms with E-state index in [4.69, 9.17) is 11.6 Å². The maximum Gasteiger partial charge on any atom is 0.179 e. The molecule has 0 bridgehead atoms. The van der Waals surface area contributed by atoms with Gasteiger partial charge in [-0.1, -0.05) is 23.7 Å². The Bertz CT molecular complexity index is 513. The topological polar surface area (TPSA) is 23.6 Å². The van der Waals surface area contributed by atoms with Gasteiger partial charge in [-0.25, -0.2) is 0 Å². The molecule has 3 nitrogen and oxygen atoms in total. The van der Waals surface area contributed by atoms with Crippen LogP contribution in [0, 0.1) is 0 Å². The molecule has 2 heterocycles. The van der Waals surface area contributed by atoms with Gasteiger partial charge in [-0.2, -0.15) is 0 Å². The Balaban J connectivity index is 1.63. The predicted molar refractivity (Wildman–Crippen MR) is 86.0 cm³/mol. The largest absolute Gasteiger partial charge is 0.299 e. The lowest BCUT2D eigenvalue weighted by atomic mass is 10.0. The molecule has 0 N–H and O–H groups in total. The monoisotopic (exact) mass is 306 g/mol. The van der Waals surface area contributed by atoms with Crippen LogP contribution >= 0.6 is 11.6 Å². The molecule has 2 aliphatic rings. The van der Waals surface area contributed by atoms with Crippen molar-refractivity contribution < 1.29 is 4.79 Å². The van der Waals surface area contributed by atoms with Crippen molar-refractivity contribution in [2.75, 3.05) is 26.2 Å². The first-order chi connectivity index (χ1) is 10.1. The summed E-state index contributed by atoms with van der Waals surface area (Å²) in [6.07, 6.45) is 3.84. The van der Waals surface area contributed by atoms with Gasteiger partial charge >= 0.3 is 0 Å². The van der Waals surface area contributed by atoms with E-state index in [0.29, 0.717) is 11.1 Å². The smallest absolute Gasteiger partial charge is 0.179 e. The molecule has 2 fully saturated rings. The van der Waals surface area contributed by atoms with E-state index in [1.54, 1.807) is 6.07 Å². The Morgan fingerprint density at radius 2 is 2.05 bits per heavy atom. The summed E-state index contributed by atoms with van der Waals surface area (Å²) in [7, 11) is 0. The molecule has 0 aliphatic carbocycles. The lowest BCUT2D eigenvalue weighted by molar-refractivity contribution is 0.0857. The number of hydrogen-bond donors (Lipinski definition) is 0. The molecule has 21 heavy (non-hydrogen) atoms. The minimum Gasteiger partial charge on any atom is -0.299 e. The second-order valence-electron chi connectivity index (χ2n) is 6.23. The molecule has 2 aliphatic heterocycles. The average Bonchev–Trinajstić information content (AvgIpc) is 3.16. The van der Waals surface area contributed by atoms with Gasteiger partial charge in [0.15, 0.2) is 5.78 Å². The highest BCUT2D eigenvalue weighted by atomic mass is 35.5. The second-order valence-corrected chi connectivity index (χ2v) is 6.67. The van der Waals surface area contributed by atoms with E-state index in [1.165, 1.54) is 32.4 Å². The number of ketones is 1. The molecule has 0 amide bonds. The number of hydrogen-bond acceptors (Lipinski definition) is 3. The molecule has 2 atom stereocenters. The number of likely N-dealkylation sites (tertiary alicyclic amines) is 2. The summed E-state index contributed by atoms with van der Waals surface area (Å²) >= 11 is 5.99. The van der Waals surface area contributed by atoms with Crippen LogP contribution in [0.25, 0.3) is 0 Å². The first kappa shape index (κ1) is 15.0. The predicted octanol–water partition coefficient (Wildman–Crippen LogP) is 3.08. The summed E-state index contributed by atoms with van der Waals surface area (Å²) in [5.41, 5.74) is 0.722. The second kappa shape index (κ2) is 6.47. The molecule has 1 aromatic rings. The van der Waals surface area contributed by atoms with Gasteiger partial charge in [-0.05, 0) is 51.4 Å². The third kappa shape index (κ3) is 3.31. The van der Waals surface area contributed by atoms with Crippen molar-refractivity contribution in [1.29, 1.82) is 0 Å². The number of nitrogens with zero attached hydrogens (tertiary/aromatic N) is 2. The van der Waals surface area contributed by atoms with Crippen molar-refractivity contribution in [2.24, 2.45) is 0 Å². The molecule has 0 aromatic heterocycles. The van der Waals surface area contributed by atoms with E-state index in [-0.39, 0.29) is 11.8 Å². The Labute approximate surface area is 131 Å². The van der Waals surface area contributed by atoms with E-state index >= 15 is 0 Å². The van der Waals surface area contributed by atoms with Crippen molar-refractivity contribution in [2.45, 2.75) is 38.3 Å². The zero-order chi connectivity index (χ0) is 14.8. The molecule has 0 radical (unpaired) electrons. The summed E-state index contributed by atoms with van der Waals surface area (Å²) < 4.78 is 0. The Kier molecular flexibility index (Phi) is 4.63. The van der Waals surface area contributed by atoms with Gasteiger partial charge < -0.3 is 0 Å². The van der Waals surface area contributed by atoms with E-state index in [1.807, 2.05) is 25.1 Å². The zero-order valence-electron chi connectivity index (χ0n) is 12.6. The highest BCUT2D eigenvalue weighted by Crippen LogP contribution is 2.23. The number of carbonyl (C=O) groups is 1. The lowest BCUT2D eigenvalue weighted by Gasteiger charge is -2.26. The summed E-state index contributed by atoms with van der Waals surface area (Å²) in [6.45, 7) is 6.53. The summed E-state index contributed by atoms with van der Waals surface area (Å²) in [4.78, 5) is 17.5. The molecule has 4 heteroatoms. The fraction of sp³-hybridized carbons (Fsp3) is 0.588. The van der Waals surface area contributed by atoms with Gasteiger partial charge in [0.05, 0.1) is 6.04 Å². The van der Waals surface area contributed by atoms with Crippen LogP contribution in [0.1, 0.15) is 36.5 Å². The normalized spacial score (nSPS) is 25.3. The van der Waals surface area contributed by atoms with Crippen LogP contribution in [-0.4, -0.2) is 53.8 Å². The van der Waals surface area contributed by atoms with Crippen molar-refractivity contribution in [3.63, 3.8) is 0 Å². The summed E-state index contributed by atoms with van der Waals surface area (Å²) in [5, 5.41) is 0.629. The number of carbonyl (C=O) groups excluding carboxylic acids is 1. The van der Waals surface area contributed by atoms with Crippen LogP contribution in [0.5, 0.6) is 0 Å². The third-order valence-electron chi connectivity index (χ3n) is 4.89. The minimum atomic E-state index is -0.0592. The number of rotatable bonds is 4. The quantitative estimate of drug-likeness (QED) is 0.799. The highest BCUT2D eigenvalue weighted by molar-refractivity contribution is 6.31. The van der Waals surface area contributed by atoms with Gasteiger partial charge in [-0.15, -0.1) is 0 Å². The van der Waals surface area contributed by atoms with E-state index in [0.717, 1.165) is 18.7 Å². The van der Waals surface area contributed by atoms with E-state index < -0.39 is 0 Å². The fourth-order valence-electron chi connectivity index (χ4n) is 3.57. The molecule has 2 unspecified atom stereocenters. The first-order valence-corrected chi connectivity index (χ1v) is 8.31. The van der Waals surface area contributed by atoms with Crippen LogP contribution in [0.2, 0.25) is 5.02 Å². The van der Waals surface area contributed by atoms with Crippen molar-refractivity contribution in [1.82, 2.24) is 9.80 Å². The Morgan fingerprint density at radius 3 is 2.76 bits per heavy atom. The average molecular weight is 307 g/mol. The summed E-state index contributed by atoms with van der Waals surface area (Å²) in [6, 6.07) is 7.87. The van der Waals surface area contributed by atoms with Crippen LogP contribution in [0.3, 0.4) is 0 Å². The summed E-state index contributed by atoms with van der Waals surface area (Å²) in [5.74, 6) is 0.180. The molecule has 2 saturated heterocycles. The molecule has 0 spiro atoms. The minimum absolute atomic E-state index is 0.0592. The van der Waals surface area contributed by atoms with Crippen LogP contribution < -0.4 is 0 Å². The van der Waals surface area contributed by atoms with Crippen molar-refractivity contribution in [3.8, 4) is 0 Å². The first-order valence-electron chi connectivity index (χ1n) is 7.93. The van der Waals surface area contributed by atoms with Crippen LogP contribution in [0.15, 0.2) is 24.3 Å². The van der Waals surface area contributed by atoms with E-state index in [2.05, 4.69) is 9.80 Å². The van der Waals surface area contributed by atoms with E-state index in [9.17, 15) is 4.79 Å². The zero-order valence-corrected chi connectivity index (χ0v) is 13.4. The van der Waals surface area contributed by atoms with Crippen LogP contribution in [0.4, 0.5) is 0 Å². The fourth-order valence-corrected chi connectivity index (χ4v) is 3.76. The molecule has 114 valence electrons. The highest BCUT2D eigenvalue weighted by Gasteiger charge is 2.33. The molecule has 3 rings (SSSR count). The van der Waals surface area contributed by atoms with Gasteiger partial charge in [0, 0.05) is 29.7 Å². The van der Waals surface area contributed by atoms with Gasteiger partial charge in [0.2, 0.25) is 0 Å². The van der Waals surface area contributed by atoms with Gasteiger partial charge in [-0.3, -0.25) is 14.6 Å². The number of benzene rings is 1.